The van der Waals surface area contributed by atoms with E-state index in [2.05, 4.69) is 10.3 Å². The molecule has 3 aliphatic rings. The number of ether oxygens (including phenoxy) is 2. The summed E-state index contributed by atoms with van der Waals surface area (Å²) in [5.41, 5.74) is 6.59. The first-order chi connectivity index (χ1) is 17.0. The average Bonchev–Trinajstić information content (AvgIpc) is 2.80. The smallest absolute Gasteiger partial charge is 0.251 e. The van der Waals surface area contributed by atoms with E-state index in [0.29, 0.717) is 41.2 Å². The molecule has 4 N–H and O–H groups in total. The Balaban J connectivity index is 1.46. The Labute approximate surface area is 210 Å². The molecule has 0 aromatic heterocycles. The van der Waals surface area contributed by atoms with Crippen molar-refractivity contribution in [3.63, 3.8) is 0 Å². The molecule has 0 unspecified atom stereocenters. The van der Waals surface area contributed by atoms with Crippen molar-refractivity contribution in [1.82, 2.24) is 10.2 Å². The number of nitrogens with two attached hydrogens (primary N) is 1. The average molecular weight is 493 g/mol. The molecular weight excluding hydrogens is 460 g/mol. The summed E-state index contributed by atoms with van der Waals surface area (Å²) in [6.45, 7) is 7.75. The predicted molar refractivity (Wildman–Crippen MR) is 134 cm³/mol. The molecule has 2 amide bonds. The van der Waals surface area contributed by atoms with E-state index in [4.69, 9.17) is 15.2 Å². The van der Waals surface area contributed by atoms with Crippen LogP contribution in [0.15, 0.2) is 47.5 Å². The van der Waals surface area contributed by atoms with Crippen LogP contribution in [0.1, 0.15) is 74.1 Å². The van der Waals surface area contributed by atoms with Gasteiger partial charge in [-0.3, -0.25) is 14.5 Å². The largest absolute Gasteiger partial charge is 0.493 e. The number of carbonyl (C=O) groups excluding carboxylic acids is 2. The van der Waals surface area contributed by atoms with Gasteiger partial charge in [-0.15, -0.1) is 0 Å². The molecule has 0 aliphatic carbocycles. The van der Waals surface area contributed by atoms with Gasteiger partial charge in [-0.2, -0.15) is 0 Å². The van der Waals surface area contributed by atoms with Crippen molar-refractivity contribution in [1.29, 1.82) is 0 Å². The quantitative estimate of drug-likeness (QED) is 0.605. The molecule has 0 bridgehead atoms. The number of hydrogen-bond acceptors (Lipinski definition) is 7. The predicted octanol–water partition coefficient (Wildman–Crippen LogP) is 2.84. The third-order valence-electron chi connectivity index (χ3n) is 7.05. The van der Waals surface area contributed by atoms with Crippen molar-refractivity contribution >= 4 is 17.8 Å². The standard InChI is InChI=1S/C27H32N4O5/c1-26(2)14-21(32)31(25(28)30-26)18-11-12-35-19-10-9-15(13-17(18)19)24(34)29-22-16-7-5-6-8-20(16)36-27(3,4)23(22)33/h5-10,13,18,22-23,33H,11-12,14H2,1-4H3,(H2,28,30)(H,29,34)/t18-,22-,23+/m1/s1. The molecule has 0 fully saturated rings. The van der Waals surface area contributed by atoms with E-state index in [-0.39, 0.29) is 30.2 Å². The zero-order chi connectivity index (χ0) is 25.8. The highest BCUT2D eigenvalue weighted by molar-refractivity contribution is 6.00. The van der Waals surface area contributed by atoms with Crippen LogP contribution in [0.2, 0.25) is 0 Å². The van der Waals surface area contributed by atoms with Gasteiger partial charge in [-0.1, -0.05) is 18.2 Å². The fourth-order valence-electron chi connectivity index (χ4n) is 5.23. The van der Waals surface area contributed by atoms with E-state index in [1.54, 1.807) is 32.0 Å². The number of aliphatic hydroxyl groups excluding tert-OH is 1. The summed E-state index contributed by atoms with van der Waals surface area (Å²) in [5, 5.41) is 14.0. The number of amides is 2. The van der Waals surface area contributed by atoms with Gasteiger partial charge in [0, 0.05) is 23.1 Å². The van der Waals surface area contributed by atoms with Gasteiger partial charge in [0.25, 0.3) is 5.91 Å². The lowest BCUT2D eigenvalue weighted by atomic mass is 9.86. The Morgan fingerprint density at radius 3 is 2.64 bits per heavy atom. The Morgan fingerprint density at radius 2 is 1.89 bits per heavy atom. The van der Waals surface area contributed by atoms with E-state index >= 15 is 0 Å². The summed E-state index contributed by atoms with van der Waals surface area (Å²) in [6.07, 6.45) is -0.187. The van der Waals surface area contributed by atoms with Gasteiger partial charge in [-0.05, 0) is 52.0 Å². The van der Waals surface area contributed by atoms with Crippen LogP contribution in [-0.2, 0) is 4.79 Å². The normalized spacial score (nSPS) is 26.0. The number of carbonyl (C=O) groups is 2. The maximum atomic E-state index is 13.4. The molecule has 0 radical (unpaired) electrons. The molecule has 9 nitrogen and oxygen atoms in total. The number of nitrogens with zero attached hydrogens (tertiary/aromatic N) is 2. The minimum atomic E-state index is -0.963. The molecule has 9 heteroatoms. The fourth-order valence-corrected chi connectivity index (χ4v) is 5.23. The van der Waals surface area contributed by atoms with E-state index in [0.717, 1.165) is 0 Å². The Kier molecular flexibility index (Phi) is 5.70. The molecule has 0 saturated carbocycles. The van der Waals surface area contributed by atoms with Gasteiger partial charge in [0.1, 0.15) is 23.2 Å². The van der Waals surface area contributed by atoms with E-state index in [1.165, 1.54) is 4.90 Å². The zero-order valence-corrected chi connectivity index (χ0v) is 20.9. The molecule has 0 spiro atoms. The maximum Gasteiger partial charge on any atom is 0.251 e. The van der Waals surface area contributed by atoms with Crippen LogP contribution in [0.4, 0.5) is 0 Å². The Bertz CT molecular complexity index is 1250. The minimum Gasteiger partial charge on any atom is -0.493 e. The Hall–Kier alpha value is -3.59. The topological polar surface area (TPSA) is 126 Å². The number of nitrogens with one attached hydrogen (secondary N) is 1. The second-order valence-corrected chi connectivity index (χ2v) is 10.8. The third kappa shape index (κ3) is 4.17. The molecule has 2 aromatic rings. The van der Waals surface area contributed by atoms with Gasteiger partial charge in [0.05, 0.1) is 30.7 Å². The summed E-state index contributed by atoms with van der Waals surface area (Å²) in [7, 11) is 0. The lowest BCUT2D eigenvalue weighted by molar-refractivity contribution is -0.131. The van der Waals surface area contributed by atoms with E-state index in [9.17, 15) is 14.7 Å². The number of para-hydroxylation sites is 1. The first kappa shape index (κ1) is 24.1. The van der Waals surface area contributed by atoms with Gasteiger partial charge in [0.15, 0.2) is 5.96 Å². The number of benzene rings is 2. The number of aliphatic imine (C=N–C) groups is 1. The van der Waals surface area contributed by atoms with Crippen LogP contribution in [0.3, 0.4) is 0 Å². The van der Waals surface area contributed by atoms with E-state index < -0.39 is 23.3 Å². The summed E-state index contributed by atoms with van der Waals surface area (Å²) < 4.78 is 11.8. The van der Waals surface area contributed by atoms with E-state index in [1.807, 2.05) is 38.1 Å². The minimum absolute atomic E-state index is 0.107. The highest BCUT2D eigenvalue weighted by Gasteiger charge is 2.44. The van der Waals surface area contributed by atoms with Crippen molar-refractivity contribution in [2.45, 2.75) is 69.9 Å². The van der Waals surface area contributed by atoms with Crippen molar-refractivity contribution in [2.24, 2.45) is 10.7 Å². The van der Waals surface area contributed by atoms with Crippen LogP contribution in [-0.4, -0.2) is 51.6 Å². The molecular formula is C27H32N4O5. The highest BCUT2D eigenvalue weighted by atomic mass is 16.5. The Morgan fingerprint density at radius 1 is 1.14 bits per heavy atom. The van der Waals surface area contributed by atoms with Crippen molar-refractivity contribution in [3.8, 4) is 11.5 Å². The highest BCUT2D eigenvalue weighted by Crippen LogP contribution is 2.41. The number of hydrogen-bond donors (Lipinski definition) is 3. The molecule has 3 atom stereocenters. The number of aliphatic hydroxyl groups is 1. The van der Waals surface area contributed by atoms with Crippen LogP contribution >= 0.6 is 0 Å². The lowest BCUT2D eigenvalue weighted by Crippen LogP contribution is -2.53. The molecule has 2 aromatic carbocycles. The van der Waals surface area contributed by atoms with Crippen LogP contribution in [0.25, 0.3) is 0 Å². The maximum absolute atomic E-state index is 13.4. The second kappa shape index (κ2) is 8.51. The monoisotopic (exact) mass is 492 g/mol. The summed E-state index contributed by atoms with van der Waals surface area (Å²) in [5.74, 6) is 0.938. The van der Waals surface area contributed by atoms with Crippen molar-refractivity contribution in [2.75, 3.05) is 6.61 Å². The molecule has 36 heavy (non-hydrogen) atoms. The second-order valence-electron chi connectivity index (χ2n) is 10.8. The molecule has 190 valence electrons. The number of rotatable bonds is 3. The lowest BCUT2D eigenvalue weighted by Gasteiger charge is -2.42. The molecule has 3 heterocycles. The molecule has 3 aliphatic heterocycles. The van der Waals surface area contributed by atoms with Gasteiger partial charge in [0.2, 0.25) is 5.91 Å². The zero-order valence-electron chi connectivity index (χ0n) is 20.9. The molecule has 0 saturated heterocycles. The number of guanidine groups is 1. The van der Waals surface area contributed by atoms with Gasteiger partial charge >= 0.3 is 0 Å². The first-order valence-electron chi connectivity index (χ1n) is 12.2. The summed E-state index contributed by atoms with van der Waals surface area (Å²) in [4.78, 5) is 32.5. The van der Waals surface area contributed by atoms with Crippen LogP contribution in [0, 0.1) is 0 Å². The number of fused-ring (bicyclic) bond motifs is 2. The first-order valence-corrected chi connectivity index (χ1v) is 12.2. The summed E-state index contributed by atoms with van der Waals surface area (Å²) in [6, 6.07) is 11.5. The van der Waals surface area contributed by atoms with Crippen molar-refractivity contribution < 1.29 is 24.2 Å². The van der Waals surface area contributed by atoms with Gasteiger partial charge < -0.3 is 25.6 Å². The van der Waals surface area contributed by atoms with Crippen LogP contribution < -0.4 is 20.5 Å². The fraction of sp³-hybridized carbons (Fsp3) is 0.444. The summed E-state index contributed by atoms with van der Waals surface area (Å²) >= 11 is 0. The van der Waals surface area contributed by atoms with Gasteiger partial charge in [-0.25, -0.2) is 4.99 Å². The van der Waals surface area contributed by atoms with Crippen LogP contribution in [0.5, 0.6) is 11.5 Å². The SMILES string of the molecule is CC1(C)CC(=O)N([C@@H]2CCOc3ccc(C(=O)N[C@@H]4c5ccccc5OC(C)(C)[C@H]4O)cc32)C(N)=N1. The molecule has 5 rings (SSSR count). The van der Waals surface area contributed by atoms with Crippen molar-refractivity contribution in [3.05, 3.63) is 59.2 Å². The third-order valence-corrected chi connectivity index (χ3v) is 7.05.